The molecule has 90 valence electrons. The summed E-state index contributed by atoms with van der Waals surface area (Å²) in [5.74, 6) is -9.78. The zero-order valence-corrected chi connectivity index (χ0v) is 8.46. The highest BCUT2D eigenvalue weighted by atomic mass is 19.2. The molecule has 1 atom stereocenters. The molecule has 16 heavy (non-hydrogen) atoms. The summed E-state index contributed by atoms with van der Waals surface area (Å²) in [6, 6.07) is -1.20. The van der Waals surface area contributed by atoms with Crippen molar-refractivity contribution in [3.05, 3.63) is 34.6 Å². The van der Waals surface area contributed by atoms with Crippen LogP contribution in [0.2, 0.25) is 0 Å². The van der Waals surface area contributed by atoms with E-state index >= 15 is 0 Å². The molecule has 0 aliphatic carbocycles. The van der Waals surface area contributed by atoms with Crippen LogP contribution >= 0.6 is 0 Å². The largest absolute Gasteiger partial charge is 0.324 e. The third-order valence-corrected chi connectivity index (χ3v) is 2.21. The first-order valence-electron chi connectivity index (χ1n) is 4.68. The molecule has 0 saturated heterocycles. The first-order valence-corrected chi connectivity index (χ1v) is 4.68. The van der Waals surface area contributed by atoms with Gasteiger partial charge >= 0.3 is 0 Å². The highest BCUT2D eigenvalue weighted by molar-refractivity contribution is 5.26. The molecule has 0 amide bonds. The van der Waals surface area contributed by atoms with Crippen LogP contribution in [0.15, 0.2) is 0 Å². The Morgan fingerprint density at radius 1 is 0.875 bits per heavy atom. The van der Waals surface area contributed by atoms with Gasteiger partial charge in [-0.25, -0.2) is 22.0 Å². The fourth-order valence-electron chi connectivity index (χ4n) is 1.40. The van der Waals surface area contributed by atoms with Gasteiger partial charge in [-0.15, -0.1) is 0 Å². The quantitative estimate of drug-likeness (QED) is 0.489. The number of nitrogens with two attached hydrogens (primary N) is 1. The lowest BCUT2D eigenvalue weighted by molar-refractivity contribution is 0.362. The second-order valence-electron chi connectivity index (χ2n) is 3.38. The van der Waals surface area contributed by atoms with Crippen molar-refractivity contribution in [3.8, 4) is 0 Å². The van der Waals surface area contributed by atoms with E-state index in [1.165, 1.54) is 0 Å². The van der Waals surface area contributed by atoms with E-state index in [1.54, 1.807) is 6.92 Å². The zero-order chi connectivity index (χ0) is 12.5. The number of halogens is 5. The maximum absolute atomic E-state index is 13.2. The van der Waals surface area contributed by atoms with Crippen molar-refractivity contribution >= 4 is 0 Å². The Morgan fingerprint density at radius 2 is 1.25 bits per heavy atom. The van der Waals surface area contributed by atoms with Gasteiger partial charge in [-0.3, -0.25) is 0 Å². The average Bonchev–Trinajstić information content (AvgIpc) is 2.24. The lowest BCUT2D eigenvalue weighted by Crippen LogP contribution is -2.17. The molecular formula is C10H10F5N. The van der Waals surface area contributed by atoms with Gasteiger partial charge in [-0.2, -0.15) is 0 Å². The Hall–Kier alpha value is -1.17. The van der Waals surface area contributed by atoms with Gasteiger partial charge in [-0.1, -0.05) is 13.3 Å². The molecule has 2 N–H and O–H groups in total. The fraction of sp³-hybridized carbons (Fsp3) is 0.400. The predicted octanol–water partition coefficient (Wildman–Crippen LogP) is 3.18. The van der Waals surface area contributed by atoms with E-state index in [-0.39, 0.29) is 6.42 Å². The van der Waals surface area contributed by atoms with Crippen LogP contribution in [0.25, 0.3) is 0 Å². The highest BCUT2D eigenvalue weighted by Gasteiger charge is 2.28. The van der Waals surface area contributed by atoms with Crippen LogP contribution in [-0.4, -0.2) is 0 Å². The molecule has 0 fully saturated rings. The minimum Gasteiger partial charge on any atom is -0.324 e. The summed E-state index contributed by atoms with van der Waals surface area (Å²) < 4.78 is 64.6. The molecule has 0 saturated carbocycles. The van der Waals surface area contributed by atoms with Crippen LogP contribution in [0, 0.1) is 29.1 Å². The van der Waals surface area contributed by atoms with Crippen LogP contribution in [-0.2, 0) is 0 Å². The lowest BCUT2D eigenvalue weighted by atomic mass is 10.0. The van der Waals surface area contributed by atoms with Crippen molar-refractivity contribution < 1.29 is 22.0 Å². The maximum Gasteiger partial charge on any atom is 0.200 e. The van der Waals surface area contributed by atoms with Gasteiger partial charge in [0.05, 0.1) is 0 Å². The van der Waals surface area contributed by atoms with Gasteiger partial charge in [0, 0.05) is 11.6 Å². The van der Waals surface area contributed by atoms with Crippen molar-refractivity contribution in [2.45, 2.75) is 25.8 Å². The molecule has 0 spiro atoms. The minimum atomic E-state index is -2.16. The van der Waals surface area contributed by atoms with E-state index in [9.17, 15) is 22.0 Å². The number of rotatable bonds is 3. The highest BCUT2D eigenvalue weighted by Crippen LogP contribution is 2.28. The third-order valence-electron chi connectivity index (χ3n) is 2.21. The van der Waals surface area contributed by atoms with Crippen LogP contribution in [0.5, 0.6) is 0 Å². The standard InChI is InChI=1S/C10H10F5N/c1-2-3-4(16)5-6(11)8(13)10(15)9(14)7(5)12/h4H,2-3,16H2,1H3/t4-/m0/s1. The molecule has 1 rings (SSSR count). The van der Waals surface area contributed by atoms with Gasteiger partial charge in [0.25, 0.3) is 0 Å². The Kier molecular flexibility index (Phi) is 3.85. The molecule has 0 aliphatic rings. The van der Waals surface area contributed by atoms with Gasteiger partial charge in [-0.05, 0) is 6.42 Å². The van der Waals surface area contributed by atoms with E-state index in [0.717, 1.165) is 0 Å². The van der Waals surface area contributed by atoms with E-state index in [4.69, 9.17) is 5.73 Å². The van der Waals surface area contributed by atoms with E-state index in [0.29, 0.717) is 6.42 Å². The Balaban J connectivity index is 3.39. The molecule has 6 heteroatoms. The summed E-state index contributed by atoms with van der Waals surface area (Å²) in [7, 11) is 0. The molecular weight excluding hydrogens is 229 g/mol. The third kappa shape index (κ3) is 2.02. The van der Waals surface area contributed by atoms with E-state index in [2.05, 4.69) is 0 Å². The van der Waals surface area contributed by atoms with Crippen molar-refractivity contribution in [1.29, 1.82) is 0 Å². The minimum absolute atomic E-state index is 0.137. The maximum atomic E-state index is 13.2. The Bertz CT molecular complexity index is 376. The molecule has 0 unspecified atom stereocenters. The van der Waals surface area contributed by atoms with E-state index < -0.39 is 40.7 Å². The first kappa shape index (κ1) is 12.9. The van der Waals surface area contributed by atoms with Gasteiger partial charge < -0.3 is 5.73 Å². The van der Waals surface area contributed by atoms with E-state index in [1.807, 2.05) is 0 Å². The summed E-state index contributed by atoms with van der Waals surface area (Å²) in [5.41, 5.74) is 4.41. The summed E-state index contributed by atoms with van der Waals surface area (Å²) >= 11 is 0. The number of hydrogen-bond donors (Lipinski definition) is 1. The zero-order valence-electron chi connectivity index (χ0n) is 8.46. The molecule has 0 aromatic heterocycles. The molecule has 0 bridgehead atoms. The summed E-state index contributed by atoms with van der Waals surface area (Å²) in [6.45, 7) is 1.69. The Labute approximate surface area is 89.1 Å². The van der Waals surface area contributed by atoms with Crippen molar-refractivity contribution in [2.24, 2.45) is 5.73 Å². The summed E-state index contributed by atoms with van der Waals surface area (Å²) in [5, 5.41) is 0. The van der Waals surface area contributed by atoms with Crippen LogP contribution < -0.4 is 5.73 Å². The van der Waals surface area contributed by atoms with Gasteiger partial charge in [0.1, 0.15) is 0 Å². The summed E-state index contributed by atoms with van der Waals surface area (Å²) in [4.78, 5) is 0. The molecule has 0 aliphatic heterocycles. The smallest absolute Gasteiger partial charge is 0.200 e. The van der Waals surface area contributed by atoms with Crippen LogP contribution in [0.3, 0.4) is 0 Å². The van der Waals surface area contributed by atoms with Gasteiger partial charge in [0.15, 0.2) is 23.3 Å². The fourth-order valence-corrected chi connectivity index (χ4v) is 1.40. The molecule has 0 radical (unpaired) electrons. The Morgan fingerprint density at radius 3 is 1.62 bits per heavy atom. The predicted molar refractivity (Wildman–Crippen MR) is 48.1 cm³/mol. The molecule has 0 heterocycles. The SMILES string of the molecule is CCC[C@H](N)c1c(F)c(F)c(F)c(F)c1F. The van der Waals surface area contributed by atoms with Crippen LogP contribution in [0.4, 0.5) is 22.0 Å². The monoisotopic (exact) mass is 239 g/mol. The topological polar surface area (TPSA) is 26.0 Å². The second-order valence-corrected chi connectivity index (χ2v) is 3.38. The number of hydrogen-bond acceptors (Lipinski definition) is 1. The van der Waals surface area contributed by atoms with Gasteiger partial charge in [0.2, 0.25) is 5.82 Å². The lowest BCUT2D eigenvalue weighted by Gasteiger charge is -2.14. The average molecular weight is 239 g/mol. The normalized spacial score (nSPS) is 12.9. The first-order chi connectivity index (χ1) is 7.41. The molecule has 1 aromatic carbocycles. The summed E-state index contributed by atoms with van der Waals surface area (Å²) in [6.07, 6.45) is 0.610. The van der Waals surface area contributed by atoms with Crippen molar-refractivity contribution in [1.82, 2.24) is 0 Å². The second kappa shape index (κ2) is 4.78. The number of benzene rings is 1. The van der Waals surface area contributed by atoms with Crippen molar-refractivity contribution in [3.63, 3.8) is 0 Å². The van der Waals surface area contributed by atoms with Crippen LogP contribution in [0.1, 0.15) is 31.4 Å². The molecule has 1 nitrogen and oxygen atoms in total. The molecule has 1 aromatic rings. The van der Waals surface area contributed by atoms with Crippen molar-refractivity contribution in [2.75, 3.05) is 0 Å².